The molecular formula is C22H33ClN6O2. The standard InChI is InChI=1S/C22H33ClN6O2/c1-2-25-22(29-9-3-4-17(16-29)14-20(24)30)26-15-21(31)28-12-10-27(11-13-28)19-7-5-18(23)6-8-19/h5-8,17H,2-4,9-16H2,1H3,(H2,24,30)(H,25,26). The minimum Gasteiger partial charge on any atom is -0.370 e. The molecule has 3 rings (SSSR count). The summed E-state index contributed by atoms with van der Waals surface area (Å²) in [7, 11) is 0. The Labute approximate surface area is 189 Å². The fourth-order valence-electron chi connectivity index (χ4n) is 4.24. The number of nitrogens with zero attached hydrogens (tertiary/aromatic N) is 4. The number of piperazine rings is 1. The molecule has 2 saturated heterocycles. The van der Waals surface area contributed by atoms with Gasteiger partial charge in [-0.3, -0.25) is 9.59 Å². The molecule has 2 heterocycles. The van der Waals surface area contributed by atoms with Crippen molar-refractivity contribution in [3.05, 3.63) is 29.3 Å². The van der Waals surface area contributed by atoms with Crippen molar-refractivity contribution in [1.29, 1.82) is 0 Å². The molecule has 2 amide bonds. The molecule has 0 saturated carbocycles. The number of hydrogen-bond acceptors (Lipinski definition) is 4. The smallest absolute Gasteiger partial charge is 0.244 e. The predicted octanol–water partition coefficient (Wildman–Crippen LogP) is 1.54. The van der Waals surface area contributed by atoms with Crippen molar-refractivity contribution < 1.29 is 9.59 Å². The fourth-order valence-corrected chi connectivity index (χ4v) is 4.37. The van der Waals surface area contributed by atoms with Gasteiger partial charge in [-0.05, 0) is 49.9 Å². The van der Waals surface area contributed by atoms with Gasteiger partial charge in [-0.1, -0.05) is 11.6 Å². The van der Waals surface area contributed by atoms with E-state index in [0.717, 1.165) is 62.2 Å². The van der Waals surface area contributed by atoms with Crippen LogP contribution in [0.4, 0.5) is 5.69 Å². The average molecular weight is 449 g/mol. The van der Waals surface area contributed by atoms with Gasteiger partial charge in [0.15, 0.2) is 5.96 Å². The highest BCUT2D eigenvalue weighted by Crippen LogP contribution is 2.20. The van der Waals surface area contributed by atoms with Crippen molar-refractivity contribution in [1.82, 2.24) is 15.1 Å². The van der Waals surface area contributed by atoms with Crippen molar-refractivity contribution in [3.63, 3.8) is 0 Å². The molecule has 9 heteroatoms. The molecule has 8 nitrogen and oxygen atoms in total. The number of nitrogens with two attached hydrogens (primary N) is 1. The maximum absolute atomic E-state index is 12.8. The summed E-state index contributed by atoms with van der Waals surface area (Å²) in [5.41, 5.74) is 6.50. The van der Waals surface area contributed by atoms with E-state index in [9.17, 15) is 9.59 Å². The normalized spacial score (nSPS) is 20.0. The molecule has 0 radical (unpaired) electrons. The lowest BCUT2D eigenvalue weighted by Gasteiger charge is -2.36. The number of benzene rings is 1. The van der Waals surface area contributed by atoms with Crippen molar-refractivity contribution in [2.24, 2.45) is 16.6 Å². The van der Waals surface area contributed by atoms with E-state index in [1.165, 1.54) is 0 Å². The molecule has 3 N–H and O–H groups in total. The Balaban J connectivity index is 1.53. The van der Waals surface area contributed by atoms with E-state index >= 15 is 0 Å². The zero-order chi connectivity index (χ0) is 22.2. The van der Waals surface area contributed by atoms with E-state index in [1.54, 1.807) is 0 Å². The lowest BCUT2D eigenvalue weighted by Crippen LogP contribution is -2.50. The van der Waals surface area contributed by atoms with E-state index in [0.29, 0.717) is 19.5 Å². The highest BCUT2D eigenvalue weighted by atomic mass is 35.5. The van der Waals surface area contributed by atoms with E-state index in [1.807, 2.05) is 36.1 Å². The zero-order valence-electron chi connectivity index (χ0n) is 18.2. The Bertz CT molecular complexity index is 777. The molecule has 31 heavy (non-hydrogen) atoms. The van der Waals surface area contributed by atoms with Crippen molar-refractivity contribution in [2.75, 3.05) is 57.3 Å². The zero-order valence-corrected chi connectivity index (χ0v) is 19.0. The second-order valence-corrected chi connectivity index (χ2v) is 8.58. The van der Waals surface area contributed by atoms with Gasteiger partial charge in [0, 0.05) is 62.9 Å². The summed E-state index contributed by atoms with van der Waals surface area (Å²) in [5, 5.41) is 4.01. The number of hydrogen-bond donors (Lipinski definition) is 2. The minimum absolute atomic E-state index is 0.0388. The maximum atomic E-state index is 12.8. The van der Waals surface area contributed by atoms with Gasteiger partial charge in [-0.25, -0.2) is 4.99 Å². The molecule has 1 atom stereocenters. The molecule has 1 unspecified atom stereocenters. The van der Waals surface area contributed by atoms with Gasteiger partial charge in [0.1, 0.15) is 6.54 Å². The van der Waals surface area contributed by atoms with E-state index in [2.05, 4.69) is 20.1 Å². The SMILES string of the molecule is CCNC(=NCC(=O)N1CCN(c2ccc(Cl)cc2)CC1)N1CCCC(CC(N)=O)C1. The Kier molecular flexibility index (Phi) is 8.40. The second-order valence-electron chi connectivity index (χ2n) is 8.14. The van der Waals surface area contributed by atoms with Gasteiger partial charge in [-0.15, -0.1) is 0 Å². The van der Waals surface area contributed by atoms with Gasteiger partial charge in [0.2, 0.25) is 11.8 Å². The number of anilines is 1. The first-order valence-corrected chi connectivity index (χ1v) is 11.4. The third kappa shape index (κ3) is 6.75. The van der Waals surface area contributed by atoms with Crippen LogP contribution in [0.1, 0.15) is 26.2 Å². The number of rotatable bonds is 6. The summed E-state index contributed by atoms with van der Waals surface area (Å²) in [6.45, 7) is 7.41. The average Bonchev–Trinajstić information content (AvgIpc) is 2.77. The predicted molar refractivity (Wildman–Crippen MR) is 124 cm³/mol. The number of likely N-dealkylation sites (tertiary alicyclic amines) is 1. The summed E-state index contributed by atoms with van der Waals surface area (Å²) < 4.78 is 0. The summed E-state index contributed by atoms with van der Waals surface area (Å²) in [6, 6.07) is 7.80. The van der Waals surface area contributed by atoms with Crippen LogP contribution in [-0.4, -0.2) is 79.9 Å². The van der Waals surface area contributed by atoms with Gasteiger partial charge in [0.25, 0.3) is 0 Å². The number of piperidine rings is 1. The number of amides is 2. The van der Waals surface area contributed by atoms with Gasteiger partial charge < -0.3 is 25.8 Å². The summed E-state index contributed by atoms with van der Waals surface area (Å²) in [6.07, 6.45) is 2.38. The van der Waals surface area contributed by atoms with Crippen LogP contribution in [-0.2, 0) is 9.59 Å². The van der Waals surface area contributed by atoms with Crippen molar-refractivity contribution in [2.45, 2.75) is 26.2 Å². The molecule has 0 spiro atoms. The summed E-state index contributed by atoms with van der Waals surface area (Å²) in [5.74, 6) is 0.759. The third-order valence-electron chi connectivity index (χ3n) is 5.83. The molecule has 170 valence electrons. The van der Waals surface area contributed by atoms with Gasteiger partial charge in [0.05, 0.1) is 0 Å². The quantitative estimate of drug-likeness (QED) is 0.508. The molecule has 0 aliphatic carbocycles. The number of guanidine groups is 1. The topological polar surface area (TPSA) is 94.3 Å². The first kappa shape index (κ1) is 23.2. The number of carbonyl (C=O) groups excluding carboxylic acids is 2. The summed E-state index contributed by atoms with van der Waals surface area (Å²) in [4.78, 5) is 34.9. The first-order chi connectivity index (χ1) is 15.0. The molecule has 2 aliphatic rings. The Morgan fingerprint density at radius 2 is 1.84 bits per heavy atom. The molecule has 1 aromatic rings. The molecule has 2 fully saturated rings. The fraction of sp³-hybridized carbons (Fsp3) is 0.591. The first-order valence-electron chi connectivity index (χ1n) is 11.1. The second kappa shape index (κ2) is 11.2. The van der Waals surface area contributed by atoms with Crippen LogP contribution in [0, 0.1) is 5.92 Å². The monoisotopic (exact) mass is 448 g/mol. The molecule has 0 bridgehead atoms. The molecule has 1 aromatic carbocycles. The highest BCUT2D eigenvalue weighted by Gasteiger charge is 2.25. The van der Waals surface area contributed by atoms with Crippen molar-refractivity contribution >= 4 is 35.1 Å². The Morgan fingerprint density at radius 1 is 1.13 bits per heavy atom. The van der Waals surface area contributed by atoms with E-state index in [4.69, 9.17) is 17.3 Å². The summed E-state index contributed by atoms with van der Waals surface area (Å²) >= 11 is 5.97. The highest BCUT2D eigenvalue weighted by molar-refractivity contribution is 6.30. The third-order valence-corrected chi connectivity index (χ3v) is 6.08. The van der Waals surface area contributed by atoms with Crippen LogP contribution >= 0.6 is 11.6 Å². The van der Waals surface area contributed by atoms with Crippen LogP contribution in [0.25, 0.3) is 0 Å². The Hall–Kier alpha value is -2.48. The minimum atomic E-state index is -0.262. The molecule has 0 aromatic heterocycles. The number of carbonyl (C=O) groups is 2. The van der Waals surface area contributed by atoms with E-state index < -0.39 is 0 Å². The lowest BCUT2D eigenvalue weighted by molar-refractivity contribution is -0.129. The number of halogens is 1. The van der Waals surface area contributed by atoms with Crippen LogP contribution in [0.5, 0.6) is 0 Å². The largest absolute Gasteiger partial charge is 0.370 e. The van der Waals surface area contributed by atoms with Gasteiger partial charge >= 0.3 is 0 Å². The molecular weight excluding hydrogens is 416 g/mol. The Morgan fingerprint density at radius 3 is 2.48 bits per heavy atom. The molecule has 2 aliphatic heterocycles. The van der Waals surface area contributed by atoms with Gasteiger partial charge in [-0.2, -0.15) is 0 Å². The number of nitrogens with one attached hydrogen (secondary N) is 1. The van der Waals surface area contributed by atoms with Crippen molar-refractivity contribution in [3.8, 4) is 0 Å². The van der Waals surface area contributed by atoms with Crippen LogP contribution in [0.2, 0.25) is 5.02 Å². The maximum Gasteiger partial charge on any atom is 0.244 e. The van der Waals surface area contributed by atoms with Crippen LogP contribution in [0.3, 0.4) is 0 Å². The van der Waals surface area contributed by atoms with Crippen LogP contribution in [0.15, 0.2) is 29.3 Å². The van der Waals surface area contributed by atoms with Crippen LogP contribution < -0.4 is 16.0 Å². The number of primary amides is 1. The lowest BCUT2D eigenvalue weighted by atomic mass is 9.95. The number of aliphatic imine (C=N–C) groups is 1. The van der Waals surface area contributed by atoms with E-state index in [-0.39, 0.29) is 24.3 Å².